The highest BCUT2D eigenvalue weighted by atomic mass is 32.2. The van der Waals surface area contributed by atoms with Gasteiger partial charge in [0, 0.05) is 19.6 Å². The summed E-state index contributed by atoms with van der Waals surface area (Å²) in [4.78, 5) is 12.2. The van der Waals surface area contributed by atoms with Gasteiger partial charge in [0.1, 0.15) is 0 Å². The first-order valence-corrected chi connectivity index (χ1v) is 8.84. The Balaban J connectivity index is 2.11. The normalized spacial score (nSPS) is 19.8. The maximum atomic E-state index is 12.6. The third kappa shape index (κ3) is 3.85. The Labute approximate surface area is 131 Å². The van der Waals surface area contributed by atoms with Crippen molar-refractivity contribution in [3.63, 3.8) is 0 Å². The minimum atomic E-state index is -3.56. The number of carbonyl (C=O) groups excluding carboxylic acids is 1. The fourth-order valence-electron chi connectivity index (χ4n) is 2.56. The van der Waals surface area contributed by atoms with E-state index in [1.807, 2.05) is 6.92 Å². The number of hydrogen-bond acceptors (Lipinski definition) is 4. The molecule has 0 aromatic heterocycles. The molecule has 1 aliphatic rings. The largest absolute Gasteiger partial charge is 0.395 e. The number of amides is 1. The van der Waals surface area contributed by atoms with Gasteiger partial charge in [-0.1, -0.05) is 17.7 Å². The van der Waals surface area contributed by atoms with Crippen LogP contribution < -0.4 is 5.32 Å². The van der Waals surface area contributed by atoms with Crippen LogP contribution in [-0.4, -0.2) is 50.0 Å². The third-order valence-electron chi connectivity index (χ3n) is 3.82. The van der Waals surface area contributed by atoms with Gasteiger partial charge in [-0.2, -0.15) is 4.31 Å². The van der Waals surface area contributed by atoms with Crippen molar-refractivity contribution in [1.29, 1.82) is 0 Å². The molecule has 0 spiro atoms. The van der Waals surface area contributed by atoms with Crippen LogP contribution in [0.5, 0.6) is 0 Å². The SMILES string of the molecule is Cc1ccc(S(=O)(=O)N2CCC[C@H](C(=O)NCCO)C2)cc1. The molecule has 1 aromatic rings. The molecule has 1 amide bonds. The number of hydrogen-bond donors (Lipinski definition) is 2. The molecule has 122 valence electrons. The van der Waals surface area contributed by atoms with E-state index in [4.69, 9.17) is 5.11 Å². The lowest BCUT2D eigenvalue weighted by Crippen LogP contribution is -2.45. The van der Waals surface area contributed by atoms with Crippen molar-refractivity contribution >= 4 is 15.9 Å². The number of rotatable bonds is 5. The molecule has 1 atom stereocenters. The average Bonchev–Trinajstić information content (AvgIpc) is 2.53. The summed E-state index contributed by atoms with van der Waals surface area (Å²) < 4.78 is 26.6. The van der Waals surface area contributed by atoms with Crippen LogP contribution in [0.15, 0.2) is 29.2 Å². The van der Waals surface area contributed by atoms with E-state index in [-0.39, 0.29) is 36.4 Å². The van der Waals surface area contributed by atoms with Crippen molar-refractivity contribution in [3.05, 3.63) is 29.8 Å². The van der Waals surface area contributed by atoms with Gasteiger partial charge in [0.15, 0.2) is 0 Å². The number of sulfonamides is 1. The predicted octanol–water partition coefficient (Wildman–Crippen LogP) is 0.504. The van der Waals surface area contributed by atoms with Crippen molar-refractivity contribution < 1.29 is 18.3 Å². The van der Waals surface area contributed by atoms with E-state index in [0.717, 1.165) is 5.56 Å². The molecule has 7 heteroatoms. The third-order valence-corrected chi connectivity index (χ3v) is 5.70. The Morgan fingerprint density at radius 3 is 2.68 bits per heavy atom. The van der Waals surface area contributed by atoms with Crippen LogP contribution in [0.1, 0.15) is 18.4 Å². The van der Waals surface area contributed by atoms with Crippen molar-refractivity contribution in [2.75, 3.05) is 26.2 Å². The molecule has 1 saturated heterocycles. The Bertz CT molecular complexity index is 613. The van der Waals surface area contributed by atoms with Gasteiger partial charge in [-0.25, -0.2) is 8.42 Å². The maximum Gasteiger partial charge on any atom is 0.243 e. The molecule has 0 saturated carbocycles. The van der Waals surface area contributed by atoms with E-state index < -0.39 is 10.0 Å². The molecule has 1 aromatic carbocycles. The van der Waals surface area contributed by atoms with Gasteiger partial charge in [-0.05, 0) is 31.9 Å². The zero-order chi connectivity index (χ0) is 16.2. The Morgan fingerprint density at radius 1 is 1.36 bits per heavy atom. The highest BCUT2D eigenvalue weighted by molar-refractivity contribution is 7.89. The van der Waals surface area contributed by atoms with E-state index in [1.165, 1.54) is 4.31 Å². The first kappa shape index (κ1) is 16.9. The summed E-state index contributed by atoms with van der Waals surface area (Å²) >= 11 is 0. The van der Waals surface area contributed by atoms with Crippen LogP contribution in [0.2, 0.25) is 0 Å². The lowest BCUT2D eigenvalue weighted by molar-refractivity contribution is -0.126. The van der Waals surface area contributed by atoms with Crippen LogP contribution in [0.4, 0.5) is 0 Å². The maximum absolute atomic E-state index is 12.6. The number of aliphatic hydroxyl groups excluding tert-OH is 1. The van der Waals surface area contributed by atoms with E-state index in [9.17, 15) is 13.2 Å². The molecule has 1 fully saturated rings. The molecular weight excluding hydrogens is 304 g/mol. The van der Waals surface area contributed by atoms with Crippen LogP contribution in [-0.2, 0) is 14.8 Å². The minimum absolute atomic E-state index is 0.121. The fourth-order valence-corrected chi connectivity index (χ4v) is 4.08. The standard InChI is InChI=1S/C15H22N2O4S/c1-12-4-6-14(7-5-12)22(20,21)17-9-2-3-13(11-17)15(19)16-8-10-18/h4-7,13,18H,2-3,8-11H2,1H3,(H,16,19)/t13-/m0/s1. The lowest BCUT2D eigenvalue weighted by atomic mass is 9.99. The smallest absolute Gasteiger partial charge is 0.243 e. The minimum Gasteiger partial charge on any atom is -0.395 e. The summed E-state index contributed by atoms with van der Waals surface area (Å²) in [6.07, 6.45) is 1.32. The zero-order valence-corrected chi connectivity index (χ0v) is 13.5. The summed E-state index contributed by atoms with van der Waals surface area (Å²) in [6.45, 7) is 2.59. The number of aryl methyl sites for hydroxylation is 1. The molecule has 2 N–H and O–H groups in total. The number of nitrogens with zero attached hydrogens (tertiary/aromatic N) is 1. The Kier molecular flexibility index (Phi) is 5.55. The van der Waals surface area contributed by atoms with Crippen LogP contribution >= 0.6 is 0 Å². The number of piperidine rings is 1. The molecule has 0 unspecified atom stereocenters. The number of nitrogens with one attached hydrogen (secondary N) is 1. The van der Waals surface area contributed by atoms with Crippen molar-refractivity contribution in [3.8, 4) is 0 Å². The van der Waals surface area contributed by atoms with Gasteiger partial charge < -0.3 is 10.4 Å². The van der Waals surface area contributed by atoms with Crippen LogP contribution in [0.25, 0.3) is 0 Å². The summed E-state index contributed by atoms with van der Waals surface area (Å²) in [6, 6.07) is 6.73. The lowest BCUT2D eigenvalue weighted by Gasteiger charge is -2.31. The van der Waals surface area contributed by atoms with Crippen molar-refractivity contribution in [2.24, 2.45) is 5.92 Å². The quantitative estimate of drug-likeness (QED) is 0.825. The molecule has 0 radical (unpaired) electrons. The Hall–Kier alpha value is -1.44. The fraction of sp³-hybridized carbons (Fsp3) is 0.533. The van der Waals surface area contributed by atoms with Crippen LogP contribution in [0.3, 0.4) is 0 Å². The number of aliphatic hydroxyl groups is 1. The highest BCUT2D eigenvalue weighted by Crippen LogP contribution is 2.24. The monoisotopic (exact) mass is 326 g/mol. The van der Waals surface area contributed by atoms with E-state index in [2.05, 4.69) is 5.32 Å². The van der Waals surface area contributed by atoms with Gasteiger partial charge in [-0.3, -0.25) is 4.79 Å². The van der Waals surface area contributed by atoms with Crippen molar-refractivity contribution in [1.82, 2.24) is 9.62 Å². The molecule has 22 heavy (non-hydrogen) atoms. The summed E-state index contributed by atoms with van der Waals surface area (Å²) in [5, 5.41) is 11.4. The second-order valence-electron chi connectivity index (χ2n) is 5.53. The molecule has 0 aliphatic carbocycles. The van der Waals surface area contributed by atoms with Crippen molar-refractivity contribution in [2.45, 2.75) is 24.7 Å². The molecule has 0 bridgehead atoms. The molecule has 2 rings (SSSR count). The second-order valence-corrected chi connectivity index (χ2v) is 7.47. The van der Waals surface area contributed by atoms with Gasteiger partial charge in [0.2, 0.25) is 15.9 Å². The van der Waals surface area contributed by atoms with Gasteiger partial charge in [0.25, 0.3) is 0 Å². The van der Waals surface area contributed by atoms with Gasteiger partial charge >= 0.3 is 0 Å². The van der Waals surface area contributed by atoms with Crippen LogP contribution in [0, 0.1) is 12.8 Å². The van der Waals surface area contributed by atoms with E-state index in [1.54, 1.807) is 24.3 Å². The van der Waals surface area contributed by atoms with Gasteiger partial charge in [0.05, 0.1) is 17.4 Å². The zero-order valence-electron chi connectivity index (χ0n) is 12.7. The molecule has 1 heterocycles. The summed E-state index contributed by atoms with van der Waals surface area (Å²) in [5.41, 5.74) is 0.999. The highest BCUT2D eigenvalue weighted by Gasteiger charge is 2.33. The van der Waals surface area contributed by atoms with E-state index >= 15 is 0 Å². The summed E-state index contributed by atoms with van der Waals surface area (Å²) in [5.74, 6) is -0.557. The number of carbonyl (C=O) groups is 1. The van der Waals surface area contributed by atoms with E-state index in [0.29, 0.717) is 19.4 Å². The predicted molar refractivity (Wildman–Crippen MR) is 82.8 cm³/mol. The average molecular weight is 326 g/mol. The molecular formula is C15H22N2O4S. The second kappa shape index (κ2) is 7.21. The molecule has 1 aliphatic heterocycles. The van der Waals surface area contributed by atoms with Gasteiger partial charge in [-0.15, -0.1) is 0 Å². The number of benzene rings is 1. The topological polar surface area (TPSA) is 86.7 Å². The Morgan fingerprint density at radius 2 is 2.05 bits per heavy atom. The first-order valence-electron chi connectivity index (χ1n) is 7.40. The summed E-state index contributed by atoms with van der Waals surface area (Å²) in [7, 11) is -3.56. The first-order chi connectivity index (χ1) is 10.4. The molecule has 6 nitrogen and oxygen atoms in total.